The van der Waals surface area contributed by atoms with E-state index in [1.165, 1.54) is 16.2 Å². The lowest BCUT2D eigenvalue weighted by atomic mass is 9.78. The number of ether oxygens (including phenoxy) is 1. The number of fused-ring (bicyclic) bond motifs is 1. The van der Waals surface area contributed by atoms with Crippen molar-refractivity contribution < 1.29 is 37.4 Å². The number of halogens is 4. The zero-order valence-electron chi connectivity index (χ0n) is 26.2. The number of amides is 2. The van der Waals surface area contributed by atoms with Crippen LogP contribution >= 0.6 is 22.9 Å². The second kappa shape index (κ2) is 14.2. The average molecular weight is 692 g/mol. The third-order valence-corrected chi connectivity index (χ3v) is 10.0. The van der Waals surface area contributed by atoms with E-state index in [0.717, 1.165) is 34.3 Å². The number of aryl methyl sites for hydroxylation is 1. The number of piperidine rings is 1. The Morgan fingerprint density at radius 3 is 2.62 bits per heavy atom. The molecule has 8 nitrogen and oxygen atoms in total. The molecule has 2 amide bonds. The number of hydrogen-bond acceptors (Lipinski definition) is 6. The number of carbonyl (C=O) groups is 3. The van der Waals surface area contributed by atoms with Gasteiger partial charge >= 0.3 is 12.1 Å². The van der Waals surface area contributed by atoms with Gasteiger partial charge in [-0.25, -0.2) is 0 Å². The largest absolute Gasteiger partial charge is 0.481 e. The number of pyridine rings is 1. The fraction of sp³-hybridized carbons (Fsp3) is 0.471. The van der Waals surface area contributed by atoms with E-state index >= 15 is 4.79 Å². The number of alkyl halides is 3. The molecule has 1 unspecified atom stereocenters. The van der Waals surface area contributed by atoms with E-state index in [1.54, 1.807) is 16.3 Å². The lowest BCUT2D eigenvalue weighted by Gasteiger charge is -2.51. The van der Waals surface area contributed by atoms with Gasteiger partial charge < -0.3 is 19.6 Å². The number of thiophene rings is 1. The molecular weight excluding hydrogens is 655 g/mol. The number of carboxylic acid groups (broad SMARTS) is 1. The lowest BCUT2D eigenvalue weighted by molar-refractivity contribution is -0.162. The molecule has 0 spiro atoms. The molecule has 1 saturated heterocycles. The van der Waals surface area contributed by atoms with Crippen LogP contribution in [0.3, 0.4) is 0 Å². The van der Waals surface area contributed by atoms with E-state index < -0.39 is 47.0 Å². The van der Waals surface area contributed by atoms with Crippen LogP contribution in [0.4, 0.5) is 13.2 Å². The second-order valence-electron chi connectivity index (χ2n) is 12.1. The number of aromatic nitrogens is 1. The first-order chi connectivity index (χ1) is 22.4. The zero-order valence-corrected chi connectivity index (χ0v) is 27.8. The van der Waals surface area contributed by atoms with Crippen molar-refractivity contribution in [2.75, 3.05) is 13.1 Å². The molecule has 47 heavy (non-hydrogen) atoms. The van der Waals surface area contributed by atoms with Crippen LogP contribution in [0.25, 0.3) is 0 Å². The molecule has 5 rings (SSSR count). The van der Waals surface area contributed by atoms with Crippen molar-refractivity contribution in [2.24, 2.45) is 0 Å². The van der Waals surface area contributed by atoms with Gasteiger partial charge in [0.05, 0.1) is 17.6 Å². The number of benzene rings is 1. The first kappa shape index (κ1) is 34.7. The molecule has 0 aliphatic carbocycles. The van der Waals surface area contributed by atoms with Crippen molar-refractivity contribution in [1.82, 2.24) is 14.8 Å². The van der Waals surface area contributed by atoms with Crippen molar-refractivity contribution in [1.29, 1.82) is 0 Å². The summed E-state index contributed by atoms with van der Waals surface area (Å²) in [6, 6.07) is 7.84. The van der Waals surface area contributed by atoms with Crippen LogP contribution in [0.1, 0.15) is 90.0 Å². The minimum absolute atomic E-state index is 0.0797. The van der Waals surface area contributed by atoms with Gasteiger partial charge in [0.25, 0.3) is 11.8 Å². The third kappa shape index (κ3) is 7.28. The van der Waals surface area contributed by atoms with Crippen molar-refractivity contribution in [3.8, 4) is 5.75 Å². The zero-order chi connectivity index (χ0) is 33.9. The number of hydrogen-bond donors (Lipinski definition) is 1. The van der Waals surface area contributed by atoms with Crippen LogP contribution in [0, 0.1) is 6.92 Å². The van der Waals surface area contributed by atoms with E-state index in [2.05, 4.69) is 4.98 Å². The standard InChI is InChI=1S/C34H37ClF3N3O5S/c1-3-7-28-33(46-24-18-21(2)47-20-24,14-6-16-41(28)31(44)30-26(34(36,37)38)8-5-15-39-30)32(45)40-17-13-22-19-23(35)11-12-25(22)27(40)9-4-10-29(42)43/h5,8,11-12,15,18-20,27-28H,3-4,6-7,9-10,13-14,16-17H2,1-2H3,(H,42,43)/t27?,28-,33+/m1/s1. The van der Waals surface area contributed by atoms with E-state index in [-0.39, 0.29) is 25.3 Å². The summed E-state index contributed by atoms with van der Waals surface area (Å²) in [5.41, 5.74) is -1.65. The molecule has 1 aromatic carbocycles. The third-order valence-electron chi connectivity index (χ3n) is 8.96. The minimum atomic E-state index is -4.81. The summed E-state index contributed by atoms with van der Waals surface area (Å²) >= 11 is 7.74. The minimum Gasteiger partial charge on any atom is -0.481 e. The predicted molar refractivity (Wildman–Crippen MR) is 172 cm³/mol. The lowest BCUT2D eigenvalue weighted by Crippen LogP contribution is -2.68. The molecule has 4 heterocycles. The monoisotopic (exact) mass is 691 g/mol. The number of carbonyl (C=O) groups excluding carboxylic acids is 2. The van der Waals surface area contributed by atoms with Gasteiger partial charge in [-0.2, -0.15) is 13.2 Å². The summed E-state index contributed by atoms with van der Waals surface area (Å²) in [4.78, 5) is 48.6. The molecule has 2 aliphatic heterocycles. The smallest absolute Gasteiger partial charge is 0.418 e. The summed E-state index contributed by atoms with van der Waals surface area (Å²) < 4.78 is 48.8. The predicted octanol–water partition coefficient (Wildman–Crippen LogP) is 7.73. The highest BCUT2D eigenvalue weighted by atomic mass is 35.5. The maximum Gasteiger partial charge on any atom is 0.418 e. The molecule has 252 valence electrons. The quantitative estimate of drug-likeness (QED) is 0.234. The average Bonchev–Trinajstić information content (AvgIpc) is 3.44. The summed E-state index contributed by atoms with van der Waals surface area (Å²) in [5.74, 6) is -1.79. The Bertz CT molecular complexity index is 1630. The van der Waals surface area contributed by atoms with Crippen LogP contribution in [-0.2, 0) is 22.2 Å². The highest BCUT2D eigenvalue weighted by molar-refractivity contribution is 7.10. The fourth-order valence-electron chi connectivity index (χ4n) is 6.95. The molecule has 1 N–H and O–H groups in total. The van der Waals surface area contributed by atoms with Gasteiger partial charge in [-0.05, 0) is 80.5 Å². The van der Waals surface area contributed by atoms with Crippen molar-refractivity contribution in [3.05, 3.63) is 80.3 Å². The molecule has 1 fully saturated rings. The van der Waals surface area contributed by atoms with Crippen LogP contribution in [0.2, 0.25) is 5.02 Å². The van der Waals surface area contributed by atoms with Gasteiger partial charge in [-0.3, -0.25) is 19.4 Å². The Kier molecular flexibility index (Phi) is 10.5. The Morgan fingerprint density at radius 2 is 1.94 bits per heavy atom. The maximum atomic E-state index is 15.2. The van der Waals surface area contributed by atoms with E-state index in [1.807, 2.05) is 32.0 Å². The maximum absolute atomic E-state index is 15.2. The molecule has 3 aromatic rings. The first-order valence-corrected chi connectivity index (χ1v) is 17.0. The molecule has 3 atom stereocenters. The van der Waals surface area contributed by atoms with Crippen molar-refractivity contribution >= 4 is 40.7 Å². The van der Waals surface area contributed by atoms with Gasteiger partial charge in [-0.1, -0.05) is 31.0 Å². The normalized spacial score (nSPS) is 21.3. The number of likely N-dealkylation sites (tertiary alicyclic amines) is 1. The van der Waals surface area contributed by atoms with Gasteiger partial charge in [0.1, 0.15) is 11.4 Å². The molecule has 0 bridgehead atoms. The molecule has 13 heteroatoms. The molecule has 2 aromatic heterocycles. The topological polar surface area (TPSA) is 100 Å². The first-order valence-electron chi connectivity index (χ1n) is 15.7. The highest BCUT2D eigenvalue weighted by Gasteiger charge is 2.57. The molecular formula is C34H37ClF3N3O5S. The Morgan fingerprint density at radius 1 is 1.15 bits per heavy atom. The van der Waals surface area contributed by atoms with Crippen molar-refractivity contribution in [2.45, 2.75) is 89.1 Å². The summed E-state index contributed by atoms with van der Waals surface area (Å²) in [7, 11) is 0. The number of carboxylic acids is 1. The molecule has 2 aliphatic rings. The Hall–Kier alpha value is -3.64. The van der Waals surface area contributed by atoms with Gasteiger partial charge in [0.2, 0.25) is 5.60 Å². The summed E-state index contributed by atoms with van der Waals surface area (Å²) in [6.07, 6.45) is -1.21. The highest BCUT2D eigenvalue weighted by Crippen LogP contribution is 2.43. The second-order valence-corrected chi connectivity index (χ2v) is 13.6. The van der Waals surface area contributed by atoms with Crippen LogP contribution in [-0.4, -0.2) is 62.4 Å². The molecule has 0 saturated carbocycles. The summed E-state index contributed by atoms with van der Waals surface area (Å²) in [6.45, 7) is 4.21. The summed E-state index contributed by atoms with van der Waals surface area (Å²) in [5, 5.41) is 11.7. The van der Waals surface area contributed by atoms with Crippen LogP contribution < -0.4 is 4.74 Å². The van der Waals surface area contributed by atoms with E-state index in [9.17, 15) is 27.9 Å². The number of nitrogens with zero attached hydrogens (tertiary/aromatic N) is 3. The number of rotatable bonds is 10. The van der Waals surface area contributed by atoms with Crippen molar-refractivity contribution in [3.63, 3.8) is 0 Å². The van der Waals surface area contributed by atoms with Crippen LogP contribution in [0.5, 0.6) is 5.75 Å². The molecule has 0 radical (unpaired) electrons. The fourth-order valence-corrected chi connectivity index (χ4v) is 7.75. The Labute approximate surface area is 280 Å². The Balaban J connectivity index is 1.61. The van der Waals surface area contributed by atoms with Gasteiger partial charge in [0, 0.05) is 47.4 Å². The van der Waals surface area contributed by atoms with Gasteiger partial charge in [-0.15, -0.1) is 11.3 Å². The number of aliphatic carboxylic acids is 1. The van der Waals surface area contributed by atoms with E-state index in [0.29, 0.717) is 55.8 Å². The SMILES string of the molecule is CCC[C@H]1N(C(=O)c2ncccc2C(F)(F)F)CCC[C@@]1(Oc1csc(C)c1)C(=O)N1CCc2cc(Cl)ccc2C1CCCC(=O)O. The van der Waals surface area contributed by atoms with Gasteiger partial charge in [0.15, 0.2) is 0 Å². The van der Waals surface area contributed by atoms with E-state index in [4.69, 9.17) is 16.3 Å². The van der Waals surface area contributed by atoms with Crippen LogP contribution in [0.15, 0.2) is 48.0 Å².